The highest BCUT2D eigenvalue weighted by Crippen LogP contribution is 2.51. The van der Waals surface area contributed by atoms with Gasteiger partial charge in [0.1, 0.15) is 11.5 Å². The van der Waals surface area contributed by atoms with Gasteiger partial charge in [0.2, 0.25) is 18.6 Å². The minimum Gasteiger partial charge on any atom is -0.468 e. The van der Waals surface area contributed by atoms with Crippen LogP contribution in [0, 0.1) is 11.3 Å². The van der Waals surface area contributed by atoms with Crippen LogP contribution in [-0.4, -0.2) is 73.4 Å². The Morgan fingerprint density at radius 3 is 2.56 bits per heavy atom. The number of carbonyl (C=O) groups excluding carboxylic acids is 3. The fraction of sp³-hybridized carbons (Fsp3) is 0.485. The number of amides is 2. The third kappa shape index (κ3) is 5.73. The molecule has 0 radical (unpaired) electrons. The topological polar surface area (TPSA) is 104 Å². The van der Waals surface area contributed by atoms with Crippen molar-refractivity contribution in [2.45, 2.75) is 58.0 Å². The summed E-state index contributed by atoms with van der Waals surface area (Å²) in [6.07, 6.45) is 2.75. The van der Waals surface area contributed by atoms with E-state index in [2.05, 4.69) is 0 Å². The average molecular weight is 591 g/mol. The number of rotatable bonds is 9. The van der Waals surface area contributed by atoms with E-state index < -0.39 is 29.5 Å². The molecule has 0 aliphatic carbocycles. The second-order valence-electron chi connectivity index (χ2n) is 11.6. The van der Waals surface area contributed by atoms with Crippen LogP contribution in [0.25, 0.3) is 0 Å². The normalized spacial score (nSPS) is 26.2. The maximum atomic E-state index is 14.3. The summed E-state index contributed by atoms with van der Waals surface area (Å²) >= 11 is 0. The zero-order chi connectivity index (χ0) is 30.0. The van der Waals surface area contributed by atoms with Gasteiger partial charge in [0.25, 0.3) is 0 Å². The Bertz CT molecular complexity index is 1390. The molecule has 0 unspecified atom stereocenters. The number of benzene rings is 2. The van der Waals surface area contributed by atoms with Crippen molar-refractivity contribution in [3.63, 3.8) is 0 Å². The van der Waals surface area contributed by atoms with Gasteiger partial charge in [-0.2, -0.15) is 0 Å². The number of ether oxygens (including phenoxy) is 5. The molecular weight excluding hydrogens is 552 g/mol. The number of methoxy groups -OCH3 is 1. The molecule has 10 heteroatoms. The molecule has 2 aromatic rings. The first-order valence-electron chi connectivity index (χ1n) is 14.9. The Morgan fingerprint density at radius 1 is 1.02 bits per heavy atom. The number of esters is 1. The van der Waals surface area contributed by atoms with Gasteiger partial charge >= 0.3 is 5.97 Å². The molecule has 2 fully saturated rings. The Kier molecular flexibility index (Phi) is 8.41. The lowest BCUT2D eigenvalue weighted by molar-refractivity contribution is -0.178. The van der Waals surface area contributed by atoms with E-state index in [-0.39, 0.29) is 44.6 Å². The van der Waals surface area contributed by atoms with Crippen LogP contribution in [0.3, 0.4) is 0 Å². The van der Waals surface area contributed by atoms with Crippen molar-refractivity contribution in [1.82, 2.24) is 9.80 Å². The van der Waals surface area contributed by atoms with E-state index in [9.17, 15) is 14.4 Å². The number of hydrogen-bond acceptors (Lipinski definition) is 8. The van der Waals surface area contributed by atoms with E-state index in [1.165, 1.54) is 7.11 Å². The molecule has 228 valence electrons. The van der Waals surface area contributed by atoms with Crippen molar-refractivity contribution < 1.29 is 38.1 Å². The first-order chi connectivity index (χ1) is 20.9. The summed E-state index contributed by atoms with van der Waals surface area (Å²) in [6, 6.07) is 15.4. The van der Waals surface area contributed by atoms with Gasteiger partial charge in [0.15, 0.2) is 11.5 Å². The van der Waals surface area contributed by atoms with Crippen molar-refractivity contribution in [1.29, 1.82) is 0 Å². The molecule has 0 N–H and O–H groups in total. The smallest absolute Gasteiger partial charge is 0.320 e. The van der Waals surface area contributed by atoms with Gasteiger partial charge in [-0.25, -0.2) is 0 Å². The highest BCUT2D eigenvalue weighted by atomic mass is 16.7. The van der Waals surface area contributed by atoms with E-state index in [0.717, 1.165) is 24.0 Å². The molecule has 6 rings (SSSR count). The molecule has 2 aromatic carbocycles. The second kappa shape index (κ2) is 12.4. The molecule has 2 saturated heterocycles. The predicted octanol–water partition coefficient (Wildman–Crippen LogP) is 3.82. The molecule has 4 heterocycles. The second-order valence-corrected chi connectivity index (χ2v) is 11.6. The van der Waals surface area contributed by atoms with Gasteiger partial charge in [0.05, 0.1) is 33.0 Å². The third-order valence-electron chi connectivity index (χ3n) is 8.95. The number of piperidine rings is 1. The molecule has 0 spiro atoms. The van der Waals surface area contributed by atoms with Gasteiger partial charge < -0.3 is 33.5 Å². The lowest BCUT2D eigenvalue weighted by Crippen LogP contribution is -2.60. The standard InChI is InChI=1S/C33H38N2O8/c1-22-33(32(38)39-2)17-25(15-30(36)34-12-6-7-13-34)31(37)35(18-24-10-11-27-28(14-24)42-21-41-27)29(33)16-26(43-22)20-40-19-23-8-4-3-5-9-23/h3-5,8-11,14,16,22,25-26H,6-7,12-13,15,17-21H2,1-2H3/t22-,25+,26-,33+/m1/s1. The first-order valence-corrected chi connectivity index (χ1v) is 14.9. The van der Waals surface area contributed by atoms with Gasteiger partial charge in [0, 0.05) is 31.1 Å². The summed E-state index contributed by atoms with van der Waals surface area (Å²) in [5.74, 6) is -0.228. The molecule has 43 heavy (non-hydrogen) atoms. The average Bonchev–Trinajstić information content (AvgIpc) is 3.73. The quantitative estimate of drug-likeness (QED) is 0.406. The van der Waals surface area contributed by atoms with Crippen LogP contribution in [0.5, 0.6) is 11.5 Å². The summed E-state index contributed by atoms with van der Waals surface area (Å²) in [6.45, 7) is 4.18. The fourth-order valence-electron chi connectivity index (χ4n) is 6.71. The number of nitrogens with zero attached hydrogens (tertiary/aromatic N) is 2. The Balaban J connectivity index is 1.33. The van der Waals surface area contributed by atoms with E-state index >= 15 is 0 Å². The van der Waals surface area contributed by atoms with Crippen LogP contribution in [0.2, 0.25) is 0 Å². The fourth-order valence-corrected chi connectivity index (χ4v) is 6.71. The van der Waals surface area contributed by atoms with E-state index in [1.54, 1.807) is 4.90 Å². The van der Waals surface area contributed by atoms with Crippen LogP contribution in [-0.2, 0) is 41.7 Å². The first kappa shape index (κ1) is 29.2. The SMILES string of the molecule is COC(=O)[C@]12C[C@H](CC(=O)N3CCCC3)C(=O)N(Cc3ccc4c(c3)OCO4)C1=C[C@H](COCc1ccccc1)O[C@@H]2C. The Hall–Kier alpha value is -3.89. The lowest BCUT2D eigenvalue weighted by Gasteiger charge is -2.51. The molecule has 0 saturated carbocycles. The van der Waals surface area contributed by atoms with E-state index in [4.69, 9.17) is 23.7 Å². The summed E-state index contributed by atoms with van der Waals surface area (Å²) in [5, 5.41) is 0. The van der Waals surface area contributed by atoms with E-state index in [0.29, 0.717) is 36.9 Å². The molecule has 4 atom stereocenters. The number of carbonyl (C=O) groups is 3. The molecule has 10 nitrogen and oxygen atoms in total. The number of hydrogen-bond donors (Lipinski definition) is 0. The van der Waals surface area contributed by atoms with Gasteiger partial charge in [-0.05, 0) is 55.5 Å². The molecule has 0 bridgehead atoms. The zero-order valence-electron chi connectivity index (χ0n) is 24.7. The molecule has 2 amide bonds. The van der Waals surface area contributed by atoms with Crippen molar-refractivity contribution in [3.8, 4) is 11.5 Å². The molecular formula is C33H38N2O8. The van der Waals surface area contributed by atoms with Crippen LogP contribution < -0.4 is 9.47 Å². The number of fused-ring (bicyclic) bond motifs is 2. The van der Waals surface area contributed by atoms with Crippen LogP contribution in [0.1, 0.15) is 43.7 Å². The maximum absolute atomic E-state index is 14.3. The highest BCUT2D eigenvalue weighted by molar-refractivity contribution is 5.92. The van der Waals surface area contributed by atoms with Gasteiger partial charge in [-0.15, -0.1) is 0 Å². The highest BCUT2D eigenvalue weighted by Gasteiger charge is 2.59. The number of likely N-dealkylation sites (tertiary alicyclic amines) is 2. The summed E-state index contributed by atoms with van der Waals surface area (Å²) in [4.78, 5) is 44.7. The van der Waals surface area contributed by atoms with Crippen molar-refractivity contribution in [2.24, 2.45) is 11.3 Å². The van der Waals surface area contributed by atoms with Crippen molar-refractivity contribution in [2.75, 3.05) is 33.6 Å². The molecule has 4 aliphatic heterocycles. The molecule has 4 aliphatic rings. The molecule has 0 aromatic heterocycles. The van der Waals surface area contributed by atoms with Crippen LogP contribution >= 0.6 is 0 Å². The maximum Gasteiger partial charge on any atom is 0.320 e. The minimum absolute atomic E-state index is 0.0266. The van der Waals surface area contributed by atoms with E-state index in [1.807, 2.05) is 66.4 Å². The monoisotopic (exact) mass is 590 g/mol. The van der Waals surface area contributed by atoms with Crippen LogP contribution in [0.4, 0.5) is 0 Å². The summed E-state index contributed by atoms with van der Waals surface area (Å²) < 4.78 is 28.8. The van der Waals surface area contributed by atoms with Gasteiger partial charge in [-0.3, -0.25) is 14.4 Å². The minimum atomic E-state index is -1.27. The predicted molar refractivity (Wildman–Crippen MR) is 155 cm³/mol. The van der Waals surface area contributed by atoms with Crippen LogP contribution in [0.15, 0.2) is 60.3 Å². The summed E-state index contributed by atoms with van der Waals surface area (Å²) in [7, 11) is 1.35. The zero-order valence-corrected chi connectivity index (χ0v) is 24.7. The summed E-state index contributed by atoms with van der Waals surface area (Å²) in [5.41, 5.74) is 1.09. The van der Waals surface area contributed by atoms with Crippen molar-refractivity contribution in [3.05, 3.63) is 71.4 Å². The van der Waals surface area contributed by atoms with Crippen molar-refractivity contribution >= 4 is 17.8 Å². The van der Waals surface area contributed by atoms with Gasteiger partial charge in [-0.1, -0.05) is 36.4 Å². The Morgan fingerprint density at radius 2 is 1.79 bits per heavy atom. The lowest BCUT2D eigenvalue weighted by atomic mass is 9.66. The largest absolute Gasteiger partial charge is 0.468 e. The Labute approximate surface area is 251 Å². The third-order valence-corrected chi connectivity index (χ3v) is 8.95.